The van der Waals surface area contributed by atoms with Gasteiger partial charge in [0.1, 0.15) is 5.82 Å². The van der Waals surface area contributed by atoms with Crippen molar-refractivity contribution in [1.29, 1.82) is 0 Å². The number of fused-ring (bicyclic) bond motifs is 1. The predicted octanol–water partition coefficient (Wildman–Crippen LogP) is 2.85. The lowest BCUT2D eigenvalue weighted by Crippen LogP contribution is -2.27. The molecule has 32 heavy (non-hydrogen) atoms. The highest BCUT2D eigenvalue weighted by atomic mass is 16.2. The molecular formula is C24H21N5O3. The number of aromatic nitrogens is 3. The Kier molecular flexibility index (Phi) is 6.03. The van der Waals surface area contributed by atoms with Crippen molar-refractivity contribution in [2.75, 3.05) is 11.9 Å². The number of aryl methyl sites for hydroxylation is 1. The van der Waals surface area contributed by atoms with Gasteiger partial charge in [-0.3, -0.25) is 23.9 Å². The van der Waals surface area contributed by atoms with E-state index < -0.39 is 0 Å². The number of anilines is 1. The van der Waals surface area contributed by atoms with Gasteiger partial charge in [0.15, 0.2) is 0 Å². The summed E-state index contributed by atoms with van der Waals surface area (Å²) in [5.41, 5.74) is 2.15. The summed E-state index contributed by atoms with van der Waals surface area (Å²) in [6.45, 7) is 1.96. The molecule has 2 aromatic carbocycles. The van der Waals surface area contributed by atoms with E-state index in [2.05, 4.69) is 20.6 Å². The van der Waals surface area contributed by atoms with Crippen LogP contribution in [0.2, 0.25) is 0 Å². The molecular weight excluding hydrogens is 406 g/mol. The van der Waals surface area contributed by atoms with Crippen molar-refractivity contribution < 1.29 is 9.59 Å². The lowest BCUT2D eigenvalue weighted by atomic mass is 10.1. The summed E-state index contributed by atoms with van der Waals surface area (Å²) >= 11 is 0. The molecule has 0 radical (unpaired) electrons. The van der Waals surface area contributed by atoms with Gasteiger partial charge in [-0.05, 0) is 55.5 Å². The number of nitrogens with one attached hydrogen (secondary N) is 2. The third kappa shape index (κ3) is 4.54. The molecule has 0 spiro atoms. The molecule has 8 heteroatoms. The predicted molar refractivity (Wildman–Crippen MR) is 122 cm³/mol. The van der Waals surface area contributed by atoms with Gasteiger partial charge in [-0.15, -0.1) is 0 Å². The first kappa shape index (κ1) is 20.9. The summed E-state index contributed by atoms with van der Waals surface area (Å²) < 4.78 is 1.52. The van der Waals surface area contributed by atoms with Gasteiger partial charge in [-0.1, -0.05) is 12.1 Å². The van der Waals surface area contributed by atoms with Crippen LogP contribution in [0.25, 0.3) is 16.6 Å². The molecule has 8 nitrogen and oxygen atoms in total. The maximum atomic E-state index is 12.9. The van der Waals surface area contributed by atoms with Crippen LogP contribution in [0.5, 0.6) is 0 Å². The van der Waals surface area contributed by atoms with E-state index in [1.54, 1.807) is 73.9 Å². The van der Waals surface area contributed by atoms with Crippen LogP contribution in [-0.2, 0) is 4.79 Å². The molecule has 2 N–H and O–H groups in total. The van der Waals surface area contributed by atoms with Gasteiger partial charge in [0.05, 0.1) is 28.5 Å². The fourth-order valence-electron chi connectivity index (χ4n) is 3.36. The number of amides is 2. The molecule has 0 aliphatic rings. The number of rotatable bonds is 6. The second kappa shape index (κ2) is 9.22. The third-order valence-electron chi connectivity index (χ3n) is 4.91. The first-order valence-corrected chi connectivity index (χ1v) is 10.1. The molecule has 2 heterocycles. The van der Waals surface area contributed by atoms with Crippen molar-refractivity contribution in [1.82, 2.24) is 19.9 Å². The standard InChI is InChI=1S/C24H21N5O3/c1-16-27-21-7-3-2-6-20(21)24(32)29(16)19-10-8-17(9-11-19)23(31)26-14-12-22(30)28-18-5-4-13-25-15-18/h2-11,13,15H,12,14H2,1H3,(H,26,31)(H,28,30). The highest BCUT2D eigenvalue weighted by Crippen LogP contribution is 2.13. The van der Waals surface area contributed by atoms with E-state index in [-0.39, 0.29) is 30.3 Å². The lowest BCUT2D eigenvalue weighted by molar-refractivity contribution is -0.116. The van der Waals surface area contributed by atoms with Crippen molar-refractivity contribution in [3.05, 3.63) is 94.8 Å². The number of nitrogens with zero attached hydrogens (tertiary/aromatic N) is 3. The van der Waals surface area contributed by atoms with Gasteiger partial charge >= 0.3 is 0 Å². The minimum Gasteiger partial charge on any atom is -0.352 e. The van der Waals surface area contributed by atoms with Gasteiger partial charge in [0.25, 0.3) is 11.5 Å². The van der Waals surface area contributed by atoms with E-state index in [0.717, 1.165) is 0 Å². The molecule has 4 rings (SSSR count). The normalized spacial score (nSPS) is 10.7. The number of carbonyl (C=O) groups excluding carboxylic acids is 2. The largest absolute Gasteiger partial charge is 0.352 e. The van der Waals surface area contributed by atoms with E-state index in [1.165, 1.54) is 4.57 Å². The van der Waals surface area contributed by atoms with Crippen LogP contribution in [-0.4, -0.2) is 32.9 Å². The van der Waals surface area contributed by atoms with Crippen LogP contribution in [0, 0.1) is 6.92 Å². The van der Waals surface area contributed by atoms with E-state index in [4.69, 9.17) is 0 Å². The minimum atomic E-state index is -0.300. The summed E-state index contributed by atoms with van der Waals surface area (Å²) in [6.07, 6.45) is 3.31. The van der Waals surface area contributed by atoms with Crippen LogP contribution < -0.4 is 16.2 Å². The zero-order valence-electron chi connectivity index (χ0n) is 17.4. The van der Waals surface area contributed by atoms with Crippen LogP contribution in [0.15, 0.2) is 77.9 Å². The number of hydrogen-bond acceptors (Lipinski definition) is 5. The van der Waals surface area contributed by atoms with Crippen LogP contribution in [0.1, 0.15) is 22.6 Å². The summed E-state index contributed by atoms with van der Waals surface area (Å²) in [7, 11) is 0. The van der Waals surface area contributed by atoms with Gasteiger partial charge < -0.3 is 10.6 Å². The minimum absolute atomic E-state index is 0.135. The molecule has 0 atom stereocenters. The number of benzene rings is 2. The van der Waals surface area contributed by atoms with Gasteiger partial charge in [0.2, 0.25) is 5.91 Å². The number of carbonyl (C=O) groups is 2. The fraction of sp³-hybridized carbons (Fsp3) is 0.125. The van der Waals surface area contributed by atoms with Crippen molar-refractivity contribution in [3.63, 3.8) is 0 Å². The van der Waals surface area contributed by atoms with Crippen LogP contribution in [0.3, 0.4) is 0 Å². The van der Waals surface area contributed by atoms with E-state index in [9.17, 15) is 14.4 Å². The quantitative estimate of drug-likeness (QED) is 0.492. The second-order valence-electron chi connectivity index (χ2n) is 7.16. The summed E-state index contributed by atoms with van der Waals surface area (Å²) in [6, 6.07) is 17.3. The Balaban J connectivity index is 1.40. The van der Waals surface area contributed by atoms with Crippen molar-refractivity contribution in [2.24, 2.45) is 0 Å². The summed E-state index contributed by atoms with van der Waals surface area (Å²) in [5.74, 6) is 0.0456. The summed E-state index contributed by atoms with van der Waals surface area (Å²) in [4.78, 5) is 45.7. The first-order chi connectivity index (χ1) is 15.5. The number of para-hydroxylation sites is 1. The first-order valence-electron chi connectivity index (χ1n) is 10.1. The molecule has 0 saturated heterocycles. The Hall–Kier alpha value is -4.33. The molecule has 0 bridgehead atoms. The lowest BCUT2D eigenvalue weighted by Gasteiger charge is -2.11. The Morgan fingerprint density at radius 2 is 1.78 bits per heavy atom. The second-order valence-corrected chi connectivity index (χ2v) is 7.16. The van der Waals surface area contributed by atoms with Gasteiger partial charge in [-0.25, -0.2) is 4.98 Å². The molecule has 160 valence electrons. The molecule has 0 aliphatic heterocycles. The van der Waals surface area contributed by atoms with Crippen molar-refractivity contribution in [2.45, 2.75) is 13.3 Å². The number of hydrogen-bond donors (Lipinski definition) is 2. The maximum absolute atomic E-state index is 12.9. The monoisotopic (exact) mass is 427 g/mol. The Morgan fingerprint density at radius 3 is 2.53 bits per heavy atom. The SMILES string of the molecule is Cc1nc2ccccc2c(=O)n1-c1ccc(C(=O)NCCC(=O)Nc2cccnc2)cc1. The third-order valence-corrected chi connectivity index (χ3v) is 4.91. The molecule has 0 unspecified atom stereocenters. The van der Waals surface area contributed by atoms with Gasteiger partial charge in [0, 0.05) is 24.7 Å². The Labute approximate surface area is 184 Å². The Bertz CT molecular complexity index is 1330. The van der Waals surface area contributed by atoms with Gasteiger partial charge in [-0.2, -0.15) is 0 Å². The molecule has 2 amide bonds. The topological polar surface area (TPSA) is 106 Å². The van der Waals surface area contributed by atoms with E-state index in [1.807, 2.05) is 6.07 Å². The summed E-state index contributed by atoms with van der Waals surface area (Å²) in [5, 5.41) is 5.97. The molecule has 4 aromatic rings. The van der Waals surface area contributed by atoms with Crippen LogP contribution in [0.4, 0.5) is 5.69 Å². The van der Waals surface area contributed by atoms with E-state index in [0.29, 0.717) is 33.7 Å². The fourth-order valence-corrected chi connectivity index (χ4v) is 3.36. The average Bonchev–Trinajstić information content (AvgIpc) is 2.80. The van der Waals surface area contributed by atoms with Crippen LogP contribution >= 0.6 is 0 Å². The zero-order valence-corrected chi connectivity index (χ0v) is 17.4. The molecule has 0 aliphatic carbocycles. The molecule has 0 saturated carbocycles. The maximum Gasteiger partial charge on any atom is 0.265 e. The molecule has 0 fully saturated rings. The highest BCUT2D eigenvalue weighted by Gasteiger charge is 2.11. The zero-order chi connectivity index (χ0) is 22.5. The highest BCUT2D eigenvalue weighted by molar-refractivity contribution is 5.95. The van der Waals surface area contributed by atoms with E-state index >= 15 is 0 Å². The van der Waals surface area contributed by atoms with Crippen molar-refractivity contribution >= 4 is 28.4 Å². The average molecular weight is 427 g/mol. The number of pyridine rings is 1. The smallest absolute Gasteiger partial charge is 0.265 e. The molecule has 2 aromatic heterocycles. The Morgan fingerprint density at radius 1 is 1.00 bits per heavy atom. The van der Waals surface area contributed by atoms with Crippen molar-refractivity contribution in [3.8, 4) is 5.69 Å².